The number of carbonyl (C=O) groups is 2. The molecule has 1 saturated heterocycles. The predicted octanol–water partition coefficient (Wildman–Crippen LogP) is 0.946. The number of carboxylic acids is 1. The minimum Gasteiger partial charge on any atom is -0.480 e. The molecule has 1 aliphatic heterocycles. The summed E-state index contributed by atoms with van der Waals surface area (Å²) >= 11 is 6.94. The Labute approximate surface area is 107 Å². The van der Waals surface area contributed by atoms with Gasteiger partial charge in [-0.2, -0.15) is 0 Å². The average molecular weight is 275 g/mol. The van der Waals surface area contributed by atoms with Crippen molar-refractivity contribution in [1.29, 1.82) is 0 Å². The molecule has 7 heteroatoms. The zero-order valence-electron chi connectivity index (χ0n) is 8.77. The Bertz CT molecular complexity index is 449. The molecule has 3 N–H and O–H groups in total. The second-order valence-electron chi connectivity index (χ2n) is 3.81. The van der Waals surface area contributed by atoms with Gasteiger partial charge in [0, 0.05) is 12.6 Å². The van der Waals surface area contributed by atoms with Crippen molar-refractivity contribution in [2.24, 2.45) is 0 Å². The zero-order valence-corrected chi connectivity index (χ0v) is 10.3. The van der Waals surface area contributed by atoms with E-state index in [1.165, 1.54) is 11.3 Å². The third kappa shape index (κ3) is 2.96. The Morgan fingerprint density at radius 3 is 2.82 bits per heavy atom. The lowest BCUT2D eigenvalue weighted by molar-refractivity contribution is -0.139. The predicted molar refractivity (Wildman–Crippen MR) is 64.6 cm³/mol. The quantitative estimate of drug-likeness (QED) is 0.767. The highest BCUT2D eigenvalue weighted by atomic mass is 35.5. The van der Waals surface area contributed by atoms with E-state index in [1.807, 2.05) is 0 Å². The van der Waals surface area contributed by atoms with Gasteiger partial charge >= 0.3 is 5.97 Å². The number of rotatable bonds is 3. The van der Waals surface area contributed by atoms with Crippen LogP contribution >= 0.6 is 22.9 Å². The summed E-state index contributed by atoms with van der Waals surface area (Å²) in [6, 6.07) is 2.59. The molecule has 0 aromatic carbocycles. The van der Waals surface area contributed by atoms with Gasteiger partial charge in [0.05, 0.1) is 9.21 Å². The molecule has 1 fully saturated rings. The van der Waals surface area contributed by atoms with Gasteiger partial charge in [-0.3, -0.25) is 9.59 Å². The normalized spacial score (nSPS) is 23.6. The van der Waals surface area contributed by atoms with E-state index in [9.17, 15) is 9.59 Å². The van der Waals surface area contributed by atoms with Gasteiger partial charge in [-0.05, 0) is 18.6 Å². The van der Waals surface area contributed by atoms with E-state index in [0.717, 1.165) is 0 Å². The van der Waals surface area contributed by atoms with E-state index in [2.05, 4.69) is 10.6 Å². The zero-order chi connectivity index (χ0) is 12.4. The molecule has 0 spiro atoms. The molecule has 0 saturated carbocycles. The SMILES string of the molecule is O=C(NC1CN[C@H](C(=O)O)C1)c1ccc(Cl)s1. The van der Waals surface area contributed by atoms with Crippen molar-refractivity contribution in [3.63, 3.8) is 0 Å². The number of amides is 1. The molecule has 92 valence electrons. The highest BCUT2D eigenvalue weighted by Gasteiger charge is 2.30. The molecule has 1 amide bonds. The number of carboxylic acid groups (broad SMARTS) is 1. The third-order valence-electron chi connectivity index (χ3n) is 2.56. The van der Waals surface area contributed by atoms with Crippen LogP contribution in [-0.4, -0.2) is 35.6 Å². The molecule has 0 aliphatic carbocycles. The Morgan fingerprint density at radius 1 is 1.53 bits per heavy atom. The topological polar surface area (TPSA) is 78.4 Å². The van der Waals surface area contributed by atoms with Crippen molar-refractivity contribution >= 4 is 34.8 Å². The van der Waals surface area contributed by atoms with Crippen LogP contribution in [0.5, 0.6) is 0 Å². The van der Waals surface area contributed by atoms with Crippen LogP contribution in [0.15, 0.2) is 12.1 Å². The molecule has 1 aromatic heterocycles. The van der Waals surface area contributed by atoms with Crippen molar-refractivity contribution in [3.05, 3.63) is 21.3 Å². The van der Waals surface area contributed by atoms with Crippen molar-refractivity contribution in [2.75, 3.05) is 6.54 Å². The fourth-order valence-corrected chi connectivity index (χ4v) is 2.67. The number of hydrogen-bond acceptors (Lipinski definition) is 4. The second-order valence-corrected chi connectivity index (χ2v) is 5.52. The molecule has 0 radical (unpaired) electrons. The number of nitrogens with one attached hydrogen (secondary N) is 2. The van der Waals surface area contributed by atoms with E-state index in [-0.39, 0.29) is 11.9 Å². The molecule has 1 unspecified atom stereocenters. The van der Waals surface area contributed by atoms with Gasteiger partial charge in [-0.15, -0.1) is 11.3 Å². The number of carbonyl (C=O) groups excluding carboxylic acids is 1. The van der Waals surface area contributed by atoms with Gasteiger partial charge in [0.15, 0.2) is 0 Å². The molecule has 5 nitrogen and oxygen atoms in total. The van der Waals surface area contributed by atoms with Crippen LogP contribution in [0.3, 0.4) is 0 Å². The monoisotopic (exact) mass is 274 g/mol. The standard InChI is InChI=1S/C10H11ClN2O3S/c11-8-2-1-7(17-8)9(14)13-5-3-6(10(15)16)12-4-5/h1-2,5-6,12H,3-4H2,(H,13,14)(H,15,16)/t5?,6-/m0/s1. The molecule has 2 atom stereocenters. The van der Waals surface area contributed by atoms with Crippen LogP contribution in [0.1, 0.15) is 16.1 Å². The number of aliphatic carboxylic acids is 1. The average Bonchev–Trinajstić information content (AvgIpc) is 2.86. The van der Waals surface area contributed by atoms with Crippen LogP contribution in [0.4, 0.5) is 0 Å². The van der Waals surface area contributed by atoms with Crippen molar-refractivity contribution in [1.82, 2.24) is 10.6 Å². The maximum Gasteiger partial charge on any atom is 0.320 e. The Balaban J connectivity index is 1.90. The van der Waals surface area contributed by atoms with Gasteiger partial charge in [0.1, 0.15) is 6.04 Å². The van der Waals surface area contributed by atoms with Crippen molar-refractivity contribution in [3.8, 4) is 0 Å². The van der Waals surface area contributed by atoms with Gasteiger partial charge in [-0.25, -0.2) is 0 Å². The minimum atomic E-state index is -0.888. The van der Waals surface area contributed by atoms with E-state index >= 15 is 0 Å². The van der Waals surface area contributed by atoms with Crippen LogP contribution in [0.25, 0.3) is 0 Å². The van der Waals surface area contributed by atoms with E-state index in [1.54, 1.807) is 12.1 Å². The van der Waals surface area contributed by atoms with Gasteiger partial charge in [0.25, 0.3) is 5.91 Å². The summed E-state index contributed by atoms with van der Waals surface area (Å²) in [6.45, 7) is 0.474. The van der Waals surface area contributed by atoms with Crippen LogP contribution in [0.2, 0.25) is 4.34 Å². The largest absolute Gasteiger partial charge is 0.480 e. The van der Waals surface area contributed by atoms with E-state index < -0.39 is 12.0 Å². The lowest BCUT2D eigenvalue weighted by atomic mass is 10.2. The Morgan fingerprint density at radius 2 is 2.29 bits per heavy atom. The smallest absolute Gasteiger partial charge is 0.320 e. The molecule has 0 bridgehead atoms. The molecule has 1 aromatic rings. The summed E-state index contributed by atoms with van der Waals surface area (Å²) in [7, 11) is 0. The molecule has 1 aliphatic rings. The lowest BCUT2D eigenvalue weighted by Crippen LogP contribution is -2.35. The van der Waals surface area contributed by atoms with Gasteiger partial charge < -0.3 is 15.7 Å². The second kappa shape index (κ2) is 5.03. The van der Waals surface area contributed by atoms with Crippen LogP contribution in [0, 0.1) is 0 Å². The summed E-state index contributed by atoms with van der Waals surface area (Å²) in [4.78, 5) is 23.0. The van der Waals surface area contributed by atoms with Crippen LogP contribution < -0.4 is 10.6 Å². The molecule has 17 heavy (non-hydrogen) atoms. The summed E-state index contributed by atoms with van der Waals surface area (Å²) in [6.07, 6.45) is 0.403. The summed E-state index contributed by atoms with van der Waals surface area (Å²) in [5, 5.41) is 14.4. The minimum absolute atomic E-state index is 0.149. The van der Waals surface area contributed by atoms with Gasteiger partial charge in [0.2, 0.25) is 0 Å². The maximum absolute atomic E-state index is 11.8. The van der Waals surface area contributed by atoms with Crippen molar-refractivity contribution < 1.29 is 14.7 Å². The maximum atomic E-state index is 11.8. The number of hydrogen-bond donors (Lipinski definition) is 3. The highest BCUT2D eigenvalue weighted by molar-refractivity contribution is 7.17. The summed E-state index contributed by atoms with van der Waals surface area (Å²) in [5.41, 5.74) is 0. The fraction of sp³-hybridized carbons (Fsp3) is 0.400. The first-order chi connectivity index (χ1) is 8.06. The first kappa shape index (κ1) is 12.3. The Hall–Kier alpha value is -1.11. The van der Waals surface area contributed by atoms with E-state index in [0.29, 0.717) is 22.2 Å². The first-order valence-electron chi connectivity index (χ1n) is 5.08. The van der Waals surface area contributed by atoms with Crippen LogP contribution in [-0.2, 0) is 4.79 Å². The molecular weight excluding hydrogens is 264 g/mol. The Kier molecular flexibility index (Phi) is 3.66. The fourth-order valence-electron chi connectivity index (χ4n) is 1.73. The van der Waals surface area contributed by atoms with Gasteiger partial charge in [-0.1, -0.05) is 11.6 Å². The lowest BCUT2D eigenvalue weighted by Gasteiger charge is -2.10. The number of thiophene rings is 1. The molecule has 2 rings (SSSR count). The summed E-state index contributed by atoms with van der Waals surface area (Å²) < 4.78 is 0.558. The van der Waals surface area contributed by atoms with E-state index in [4.69, 9.17) is 16.7 Å². The third-order valence-corrected chi connectivity index (χ3v) is 3.79. The summed E-state index contributed by atoms with van der Waals surface area (Å²) in [5.74, 6) is -1.10. The molecular formula is C10H11ClN2O3S. The molecule has 2 heterocycles. The van der Waals surface area contributed by atoms with Crippen molar-refractivity contribution in [2.45, 2.75) is 18.5 Å². The highest BCUT2D eigenvalue weighted by Crippen LogP contribution is 2.21. The number of halogens is 1. The first-order valence-corrected chi connectivity index (χ1v) is 6.28.